The van der Waals surface area contributed by atoms with E-state index in [1.165, 1.54) is 7.05 Å². The Morgan fingerprint density at radius 1 is 0.464 bits per heavy atom. The number of Topliss-reactive ketones (excluding diaryl/α,β-unsaturated/α-hetero) is 2. The number of carbonyl (C=O) groups excluding carboxylic acids is 3. The summed E-state index contributed by atoms with van der Waals surface area (Å²) in [5.74, 6) is 7.79. The van der Waals surface area contributed by atoms with E-state index in [-0.39, 0.29) is 37.0 Å². The van der Waals surface area contributed by atoms with Gasteiger partial charge in [0.25, 0.3) is 5.91 Å². The molecule has 0 aromatic heterocycles. The number of aliphatic carboxylic acids is 2. The van der Waals surface area contributed by atoms with E-state index in [0.29, 0.717) is 5.56 Å². The third kappa shape index (κ3) is 20.2. The van der Waals surface area contributed by atoms with Crippen molar-refractivity contribution >= 4 is 89.8 Å². The van der Waals surface area contributed by atoms with Crippen LogP contribution in [0.25, 0.3) is 0 Å². The van der Waals surface area contributed by atoms with Gasteiger partial charge in [0.2, 0.25) is 0 Å². The van der Waals surface area contributed by atoms with Gasteiger partial charge in [-0.1, -0.05) is 18.2 Å². The normalized spacial score (nSPS) is 9.54. The van der Waals surface area contributed by atoms with Crippen LogP contribution in [-0.4, -0.2) is 161 Å². The number of nitrogens with two attached hydrogens (primary N) is 2. The minimum absolute atomic E-state index is 0.0706. The number of rotatable bonds is 15. The van der Waals surface area contributed by atoms with Crippen LogP contribution >= 0.6 is 0 Å². The molecule has 0 radical (unpaired) electrons. The molecule has 0 heterocycles. The Morgan fingerprint density at radius 3 is 1.00 bits per heavy atom. The summed E-state index contributed by atoms with van der Waals surface area (Å²) >= 11 is 8.92. The first kappa shape index (κ1) is 49.1. The van der Waals surface area contributed by atoms with Gasteiger partial charge in [-0.05, 0) is 12.1 Å². The van der Waals surface area contributed by atoms with Gasteiger partial charge in [-0.2, -0.15) is 0 Å². The number of carboxylic acid groups (broad SMARTS) is 2. The first-order chi connectivity index (χ1) is 26.4. The summed E-state index contributed by atoms with van der Waals surface area (Å²) in [5.41, 5.74) is 3.75. The molecule has 0 fully saturated rings. The average molecular weight is 960 g/mol. The monoisotopic (exact) mass is 962 g/mol. The Labute approximate surface area is 351 Å². The maximum atomic E-state index is 12.3. The van der Waals surface area contributed by atoms with Gasteiger partial charge in [0, 0.05) is 12.6 Å². The van der Waals surface area contributed by atoms with Gasteiger partial charge in [0.15, 0.2) is 0 Å². The number of amides is 1. The van der Waals surface area contributed by atoms with Crippen molar-refractivity contribution in [3.8, 4) is 0 Å². The number of hydrazine groups is 2. The molecule has 6 N–H and O–H groups in total. The molecule has 0 aliphatic rings. The average Bonchev–Trinajstić information content (AvgIpc) is 3.18. The van der Waals surface area contributed by atoms with E-state index in [9.17, 15) is 24.0 Å². The van der Waals surface area contributed by atoms with Crippen LogP contribution in [0.1, 0.15) is 39.9 Å². The largest absolute Gasteiger partial charge is 0.481 e. The fourth-order valence-electron chi connectivity index (χ4n) is 4.30. The standard InChI is InChI=1S/C21H22N2O2Se2.C8H10N2O.C8H10N2Se.C3H4O4/c1-22(20(26)16-9-5-3-6-10-16)14-18(24)13-19(25)15-23(2)21(27)17-11-7-4-8-12-17;2*1-10(9)8(11)7-5-3-2-4-6-7;4-2(5)1-3(6)7/h3-12H,13-15H2,1-2H3;2*2-6H,9H2,1H3;1H2,(H,4,5)(H,6,7). The van der Waals surface area contributed by atoms with E-state index in [4.69, 9.17) is 21.9 Å². The molecule has 56 heavy (non-hydrogen) atoms. The number of ketones is 2. The number of hydrogen-bond donors (Lipinski definition) is 4. The second-order valence-corrected chi connectivity index (χ2v) is 14.3. The van der Waals surface area contributed by atoms with Crippen LogP contribution in [0.15, 0.2) is 121 Å². The summed E-state index contributed by atoms with van der Waals surface area (Å²) in [7, 11) is 7.01. The van der Waals surface area contributed by atoms with E-state index >= 15 is 0 Å². The molecule has 0 aliphatic carbocycles. The molecule has 1 amide bonds. The minimum atomic E-state index is -1.31. The van der Waals surface area contributed by atoms with Crippen LogP contribution in [-0.2, 0) is 19.2 Å². The fraction of sp³-hybridized carbons (Fsp3) is 0.200. The van der Waals surface area contributed by atoms with Gasteiger partial charge in [-0.15, -0.1) is 0 Å². The number of hydrogen-bond acceptors (Lipinski definition) is 10. The summed E-state index contributed by atoms with van der Waals surface area (Å²) < 4.78 is 2.72. The van der Waals surface area contributed by atoms with Crippen molar-refractivity contribution < 1.29 is 34.2 Å². The SMILES string of the molecule is CN(CC(=O)CC(=O)CN(C)C(=[Se])c1ccccc1)C(=[Se])c1ccccc1.CN(N)C(=O)c1ccccc1.CN(N)C(=[Se])c1ccccc1.O=C(O)CC(=O)O. The number of benzene rings is 4. The summed E-state index contributed by atoms with van der Waals surface area (Å²) in [6, 6.07) is 38.5. The third-order valence-electron chi connectivity index (χ3n) is 6.94. The van der Waals surface area contributed by atoms with Crippen molar-refractivity contribution in [1.29, 1.82) is 0 Å². The predicted molar refractivity (Wildman–Crippen MR) is 223 cm³/mol. The van der Waals surface area contributed by atoms with Crippen LogP contribution in [0.4, 0.5) is 0 Å². The number of nitrogens with zero attached hydrogens (tertiary/aromatic N) is 4. The predicted octanol–water partition coefficient (Wildman–Crippen LogP) is 1.39. The second kappa shape index (κ2) is 26.8. The minimum Gasteiger partial charge on any atom is -0.481 e. The van der Waals surface area contributed by atoms with E-state index < -0.39 is 18.4 Å². The molecule has 4 rings (SSSR count). The second-order valence-electron chi connectivity index (χ2n) is 11.8. The van der Waals surface area contributed by atoms with Crippen molar-refractivity contribution in [3.63, 3.8) is 0 Å². The van der Waals surface area contributed by atoms with Crippen molar-refractivity contribution in [2.75, 3.05) is 41.3 Å². The van der Waals surface area contributed by atoms with Gasteiger partial charge in [0.05, 0.1) is 0 Å². The maximum absolute atomic E-state index is 12.3. The van der Waals surface area contributed by atoms with Gasteiger partial charge < -0.3 is 10.2 Å². The summed E-state index contributed by atoms with van der Waals surface area (Å²) in [6.45, 7) is 0.389. The number of carbonyl (C=O) groups is 5. The summed E-state index contributed by atoms with van der Waals surface area (Å²) in [6.07, 6.45) is -0.876. The van der Waals surface area contributed by atoms with Crippen LogP contribution in [0, 0.1) is 0 Å². The van der Waals surface area contributed by atoms with Gasteiger partial charge in [-0.3, -0.25) is 19.4 Å². The van der Waals surface area contributed by atoms with Crippen molar-refractivity contribution in [2.45, 2.75) is 12.8 Å². The van der Waals surface area contributed by atoms with E-state index in [1.807, 2.05) is 121 Å². The Morgan fingerprint density at radius 2 is 0.750 bits per heavy atom. The molecule has 0 aliphatic heterocycles. The smallest absolute Gasteiger partial charge is 0.314 e. The molecule has 0 unspecified atom stereocenters. The van der Waals surface area contributed by atoms with Gasteiger partial charge in [-0.25, -0.2) is 5.84 Å². The quantitative estimate of drug-likeness (QED) is 0.0442. The Bertz CT molecular complexity index is 1760. The van der Waals surface area contributed by atoms with Crippen LogP contribution in [0.3, 0.4) is 0 Å². The molecule has 0 saturated carbocycles. The van der Waals surface area contributed by atoms with Crippen LogP contribution in [0.2, 0.25) is 0 Å². The molecular weight excluding hydrogens is 913 g/mol. The molecule has 0 bridgehead atoms. The molecule has 296 valence electrons. The fourth-order valence-corrected chi connectivity index (χ4v) is 5.43. The van der Waals surface area contributed by atoms with E-state index in [1.54, 1.807) is 36.3 Å². The van der Waals surface area contributed by atoms with Gasteiger partial charge >= 0.3 is 262 Å². The molecule has 0 atom stereocenters. The first-order valence-electron chi connectivity index (χ1n) is 16.7. The summed E-state index contributed by atoms with van der Waals surface area (Å²) in [5, 5.41) is 18.0. The topological polar surface area (TPSA) is 191 Å². The molecule has 13 nitrogen and oxygen atoms in total. The Kier molecular flexibility index (Phi) is 23.6. The van der Waals surface area contributed by atoms with Crippen molar-refractivity contribution in [3.05, 3.63) is 144 Å². The Balaban J connectivity index is 0.000000442. The molecular formula is C40H46N6O7Se3. The molecule has 16 heteroatoms. The zero-order valence-electron chi connectivity index (χ0n) is 31.5. The zero-order valence-corrected chi connectivity index (χ0v) is 36.6. The van der Waals surface area contributed by atoms with E-state index in [0.717, 1.165) is 35.3 Å². The maximum Gasteiger partial charge on any atom is 0.314 e. The molecule has 4 aromatic rings. The number of carboxylic acids is 2. The Hall–Kier alpha value is -4.88. The molecule has 0 saturated heterocycles. The summed E-state index contributed by atoms with van der Waals surface area (Å²) in [4.78, 5) is 58.3. The first-order valence-corrected chi connectivity index (χ1v) is 19.2. The number of likely N-dealkylation sites (N-methyl/N-ethyl adjacent to an activating group) is 2. The third-order valence-corrected chi connectivity index (χ3v) is 10.3. The van der Waals surface area contributed by atoms with Crippen molar-refractivity contribution in [2.24, 2.45) is 11.7 Å². The van der Waals surface area contributed by atoms with Crippen LogP contribution in [0.5, 0.6) is 0 Å². The molecule has 4 aromatic carbocycles. The van der Waals surface area contributed by atoms with Gasteiger partial charge in [0.1, 0.15) is 6.42 Å². The zero-order chi connectivity index (χ0) is 42.2. The molecule has 0 spiro atoms. The van der Waals surface area contributed by atoms with Crippen molar-refractivity contribution in [1.82, 2.24) is 19.8 Å². The van der Waals surface area contributed by atoms with E-state index in [2.05, 4.69) is 46.7 Å². The van der Waals surface area contributed by atoms with Crippen LogP contribution < -0.4 is 11.7 Å².